The van der Waals surface area contributed by atoms with E-state index in [1.54, 1.807) is 30.7 Å². The van der Waals surface area contributed by atoms with E-state index in [1.807, 2.05) is 12.1 Å². The predicted octanol–water partition coefficient (Wildman–Crippen LogP) is 4.32. The van der Waals surface area contributed by atoms with Crippen molar-refractivity contribution in [3.05, 3.63) is 59.9 Å². The van der Waals surface area contributed by atoms with Crippen molar-refractivity contribution in [1.82, 2.24) is 10.4 Å². The van der Waals surface area contributed by atoms with E-state index in [4.69, 9.17) is 4.74 Å². The van der Waals surface area contributed by atoms with Crippen LogP contribution < -0.4 is 10.2 Å². The molecule has 5 nitrogen and oxygen atoms in total. The maximum absolute atomic E-state index is 11.8. The van der Waals surface area contributed by atoms with Crippen molar-refractivity contribution in [2.75, 3.05) is 6.61 Å². The number of aromatic nitrogens is 1. The summed E-state index contributed by atoms with van der Waals surface area (Å²) in [7, 11) is 0. The molecular formula is C22H29N3O2. The van der Waals surface area contributed by atoms with E-state index in [2.05, 4.69) is 62.3 Å². The number of pyridine rings is 1. The molecule has 0 unspecified atom stereocenters. The minimum atomic E-state index is -0.308. The molecule has 2 aromatic rings. The molecule has 0 aliphatic carbocycles. The molecule has 144 valence electrons. The number of amides is 1. The van der Waals surface area contributed by atoms with E-state index in [1.165, 1.54) is 5.56 Å². The first kappa shape index (κ1) is 20.6. The maximum Gasteiger partial charge on any atom is 0.277 e. The predicted molar refractivity (Wildman–Crippen MR) is 109 cm³/mol. The first-order chi connectivity index (χ1) is 12.7. The number of benzene rings is 1. The van der Waals surface area contributed by atoms with Gasteiger partial charge in [0.05, 0.1) is 6.21 Å². The van der Waals surface area contributed by atoms with Gasteiger partial charge in [-0.3, -0.25) is 9.78 Å². The number of nitrogens with zero attached hydrogens (tertiary/aromatic N) is 2. The van der Waals surface area contributed by atoms with Gasteiger partial charge in [0.2, 0.25) is 0 Å². The lowest BCUT2D eigenvalue weighted by atomic mass is 9.72. The Morgan fingerprint density at radius 1 is 1.07 bits per heavy atom. The van der Waals surface area contributed by atoms with Crippen LogP contribution in [0.1, 0.15) is 52.2 Å². The lowest BCUT2D eigenvalue weighted by Gasteiger charge is -2.33. The summed E-state index contributed by atoms with van der Waals surface area (Å²) in [5.41, 5.74) is 4.91. The highest BCUT2D eigenvalue weighted by Crippen LogP contribution is 2.36. The van der Waals surface area contributed by atoms with Gasteiger partial charge in [-0.05, 0) is 52.6 Å². The Balaban J connectivity index is 1.84. The van der Waals surface area contributed by atoms with E-state index >= 15 is 0 Å². The molecule has 0 radical (unpaired) electrons. The average Bonchev–Trinajstić information content (AvgIpc) is 2.59. The zero-order valence-electron chi connectivity index (χ0n) is 16.8. The molecule has 0 aliphatic heterocycles. The lowest BCUT2D eigenvalue weighted by Crippen LogP contribution is -2.25. The van der Waals surface area contributed by atoms with E-state index < -0.39 is 0 Å². The van der Waals surface area contributed by atoms with Crippen molar-refractivity contribution in [3.63, 3.8) is 0 Å². The van der Waals surface area contributed by atoms with Crippen molar-refractivity contribution in [1.29, 1.82) is 0 Å². The fourth-order valence-electron chi connectivity index (χ4n) is 3.24. The highest BCUT2D eigenvalue weighted by molar-refractivity contribution is 5.82. The minimum absolute atomic E-state index is 0.0792. The normalized spacial score (nSPS) is 12.2. The summed E-state index contributed by atoms with van der Waals surface area (Å²) in [6.45, 7) is 11.2. The van der Waals surface area contributed by atoms with Crippen molar-refractivity contribution in [2.45, 2.75) is 46.5 Å². The highest BCUT2D eigenvalue weighted by atomic mass is 16.5. The fourth-order valence-corrected chi connectivity index (χ4v) is 3.24. The number of carbonyl (C=O) groups excluding carboxylic acids is 1. The molecule has 0 saturated heterocycles. The van der Waals surface area contributed by atoms with Crippen LogP contribution in [0.2, 0.25) is 0 Å². The first-order valence-electron chi connectivity index (χ1n) is 9.11. The molecule has 1 heterocycles. The SMILES string of the molecule is CC(C)(C)CC(C)(C)c1ccc(OCC(=O)N/N=C\c2ccncc2)cc1. The zero-order valence-corrected chi connectivity index (χ0v) is 16.8. The van der Waals surface area contributed by atoms with Gasteiger partial charge in [0, 0.05) is 12.4 Å². The summed E-state index contributed by atoms with van der Waals surface area (Å²) in [6.07, 6.45) is 5.97. The molecule has 0 aliphatic rings. The molecule has 2 rings (SSSR count). The summed E-state index contributed by atoms with van der Waals surface area (Å²) < 4.78 is 5.54. The molecule has 1 aromatic carbocycles. The van der Waals surface area contributed by atoms with Crippen LogP contribution in [0, 0.1) is 5.41 Å². The Labute approximate surface area is 161 Å². The van der Waals surface area contributed by atoms with Crippen molar-refractivity contribution in [3.8, 4) is 5.75 Å². The highest BCUT2D eigenvalue weighted by Gasteiger charge is 2.27. The van der Waals surface area contributed by atoms with E-state index in [0.717, 1.165) is 12.0 Å². The molecule has 0 saturated carbocycles. The summed E-state index contributed by atoms with van der Waals surface area (Å²) >= 11 is 0. The number of carbonyl (C=O) groups is 1. The van der Waals surface area contributed by atoms with Crippen LogP contribution in [0.4, 0.5) is 0 Å². The number of hydrazone groups is 1. The number of hydrogen-bond donors (Lipinski definition) is 1. The standard InChI is InChI=1S/C22H29N3O2/c1-21(2,3)16-22(4,5)18-6-8-19(9-7-18)27-15-20(26)25-24-14-17-10-12-23-13-11-17/h6-14H,15-16H2,1-5H3,(H,25,26)/b24-14-. The van der Waals surface area contributed by atoms with Crippen LogP contribution in [0.25, 0.3) is 0 Å². The van der Waals surface area contributed by atoms with Gasteiger partial charge < -0.3 is 4.74 Å². The first-order valence-corrected chi connectivity index (χ1v) is 9.11. The Kier molecular flexibility index (Phi) is 6.72. The molecule has 5 heteroatoms. The second-order valence-electron chi connectivity index (χ2n) is 8.51. The average molecular weight is 367 g/mol. The van der Waals surface area contributed by atoms with E-state index in [9.17, 15) is 4.79 Å². The Hall–Kier alpha value is -2.69. The van der Waals surface area contributed by atoms with Crippen molar-refractivity contribution < 1.29 is 9.53 Å². The third-order valence-corrected chi connectivity index (χ3v) is 4.09. The van der Waals surface area contributed by atoms with Crippen LogP contribution in [-0.2, 0) is 10.2 Å². The third-order valence-electron chi connectivity index (χ3n) is 4.09. The molecule has 1 amide bonds. The van der Waals surface area contributed by atoms with Gasteiger partial charge in [0.15, 0.2) is 6.61 Å². The molecule has 27 heavy (non-hydrogen) atoms. The second kappa shape index (κ2) is 8.80. The third kappa shape index (κ3) is 7.21. The fraction of sp³-hybridized carbons (Fsp3) is 0.409. The van der Waals surface area contributed by atoms with Crippen molar-refractivity contribution in [2.24, 2.45) is 10.5 Å². The maximum atomic E-state index is 11.8. The van der Waals surface area contributed by atoms with Crippen molar-refractivity contribution >= 4 is 12.1 Å². The summed E-state index contributed by atoms with van der Waals surface area (Å²) in [6, 6.07) is 11.6. The Bertz CT molecular complexity index is 760. The van der Waals surface area contributed by atoms with Crippen LogP contribution in [0.15, 0.2) is 53.9 Å². The van der Waals surface area contributed by atoms with Gasteiger partial charge in [-0.1, -0.05) is 46.8 Å². The number of rotatable bonds is 7. The molecular weight excluding hydrogens is 338 g/mol. The molecule has 0 bridgehead atoms. The summed E-state index contributed by atoms with van der Waals surface area (Å²) in [4.78, 5) is 15.7. The van der Waals surface area contributed by atoms with Crippen LogP contribution >= 0.6 is 0 Å². The zero-order chi connectivity index (χ0) is 19.9. The summed E-state index contributed by atoms with van der Waals surface area (Å²) in [5, 5.41) is 3.90. The summed E-state index contributed by atoms with van der Waals surface area (Å²) in [5.74, 6) is 0.357. The van der Waals surface area contributed by atoms with Crippen LogP contribution in [-0.4, -0.2) is 23.7 Å². The number of ether oxygens (including phenoxy) is 1. The van der Waals surface area contributed by atoms with E-state index in [-0.39, 0.29) is 23.3 Å². The van der Waals surface area contributed by atoms with Gasteiger partial charge in [-0.2, -0.15) is 5.10 Å². The van der Waals surface area contributed by atoms with E-state index in [0.29, 0.717) is 5.75 Å². The van der Waals surface area contributed by atoms with Gasteiger partial charge in [0.25, 0.3) is 5.91 Å². The van der Waals surface area contributed by atoms with Gasteiger partial charge in [-0.25, -0.2) is 5.43 Å². The number of hydrogen-bond acceptors (Lipinski definition) is 4. The lowest BCUT2D eigenvalue weighted by molar-refractivity contribution is -0.123. The Morgan fingerprint density at radius 3 is 2.30 bits per heavy atom. The van der Waals surface area contributed by atoms with Crippen LogP contribution in [0.5, 0.6) is 5.75 Å². The van der Waals surface area contributed by atoms with Gasteiger partial charge in [0.1, 0.15) is 5.75 Å². The second-order valence-corrected chi connectivity index (χ2v) is 8.51. The quantitative estimate of drug-likeness (QED) is 0.585. The molecule has 1 N–H and O–H groups in total. The number of nitrogens with one attached hydrogen (secondary N) is 1. The smallest absolute Gasteiger partial charge is 0.277 e. The largest absolute Gasteiger partial charge is 0.484 e. The molecule has 0 fully saturated rings. The van der Waals surface area contributed by atoms with Gasteiger partial charge >= 0.3 is 0 Å². The van der Waals surface area contributed by atoms with Gasteiger partial charge in [-0.15, -0.1) is 0 Å². The molecule has 0 spiro atoms. The molecule has 1 aromatic heterocycles. The minimum Gasteiger partial charge on any atom is -0.484 e. The monoisotopic (exact) mass is 367 g/mol. The van der Waals surface area contributed by atoms with Crippen LogP contribution in [0.3, 0.4) is 0 Å². The Morgan fingerprint density at radius 2 is 1.70 bits per heavy atom. The molecule has 0 atom stereocenters. The topological polar surface area (TPSA) is 63.6 Å².